The van der Waals surface area contributed by atoms with Crippen LogP contribution in [-0.4, -0.2) is 34.3 Å². The van der Waals surface area contributed by atoms with E-state index in [1.807, 2.05) is 6.07 Å². The Morgan fingerprint density at radius 3 is 2.72 bits per heavy atom. The van der Waals surface area contributed by atoms with E-state index in [0.29, 0.717) is 19.0 Å². The summed E-state index contributed by atoms with van der Waals surface area (Å²) >= 11 is 0. The van der Waals surface area contributed by atoms with Crippen molar-refractivity contribution in [1.82, 2.24) is 9.97 Å². The maximum atomic E-state index is 8.99. The van der Waals surface area contributed by atoms with Gasteiger partial charge in [-0.1, -0.05) is 38.1 Å². The van der Waals surface area contributed by atoms with E-state index >= 15 is 0 Å². The third-order valence-corrected chi connectivity index (χ3v) is 4.69. The van der Waals surface area contributed by atoms with E-state index in [0.717, 1.165) is 30.4 Å². The number of anilines is 2. The lowest BCUT2D eigenvalue weighted by Crippen LogP contribution is -2.39. The van der Waals surface area contributed by atoms with Gasteiger partial charge in [0, 0.05) is 37.7 Å². The minimum Gasteiger partial charge on any atom is -0.396 e. The first-order chi connectivity index (χ1) is 12.1. The maximum Gasteiger partial charge on any atom is 0.135 e. The molecule has 0 aliphatic carbocycles. The van der Waals surface area contributed by atoms with Crippen molar-refractivity contribution in [1.29, 1.82) is 0 Å². The molecule has 3 rings (SSSR count). The van der Waals surface area contributed by atoms with E-state index in [1.165, 1.54) is 11.1 Å². The molecular formula is C20H28N4O. The number of fused-ring (bicyclic) bond motifs is 1. The normalized spacial score (nSPS) is 16.8. The Labute approximate surface area is 150 Å². The molecule has 1 aromatic heterocycles. The third kappa shape index (κ3) is 4.10. The highest BCUT2D eigenvalue weighted by atomic mass is 16.3. The molecular weight excluding hydrogens is 312 g/mol. The average Bonchev–Trinajstić information content (AvgIpc) is 2.61. The highest BCUT2D eigenvalue weighted by Crippen LogP contribution is 2.29. The summed E-state index contributed by atoms with van der Waals surface area (Å²) in [6, 6.07) is 11.1. The summed E-state index contributed by atoms with van der Waals surface area (Å²) in [7, 11) is 0. The van der Waals surface area contributed by atoms with Crippen molar-refractivity contribution in [3.63, 3.8) is 0 Å². The van der Waals surface area contributed by atoms with E-state index in [9.17, 15) is 0 Å². The Hall–Kier alpha value is -2.14. The topological polar surface area (TPSA) is 61.3 Å². The molecule has 1 aliphatic rings. The predicted molar refractivity (Wildman–Crippen MR) is 102 cm³/mol. The summed E-state index contributed by atoms with van der Waals surface area (Å²) < 4.78 is 0. The van der Waals surface area contributed by atoms with Gasteiger partial charge in [0.2, 0.25) is 0 Å². The molecule has 5 heteroatoms. The molecule has 0 saturated carbocycles. The van der Waals surface area contributed by atoms with Crippen LogP contribution in [0.1, 0.15) is 50.1 Å². The second-order valence-electron chi connectivity index (χ2n) is 7.08. The van der Waals surface area contributed by atoms with Gasteiger partial charge in [0.1, 0.15) is 17.5 Å². The average molecular weight is 340 g/mol. The largest absolute Gasteiger partial charge is 0.396 e. The first-order valence-electron chi connectivity index (χ1n) is 9.15. The van der Waals surface area contributed by atoms with Gasteiger partial charge >= 0.3 is 0 Å². The monoisotopic (exact) mass is 340 g/mol. The fraction of sp³-hybridized carbons (Fsp3) is 0.500. The van der Waals surface area contributed by atoms with Crippen LogP contribution in [-0.2, 0) is 13.0 Å². The van der Waals surface area contributed by atoms with E-state index in [2.05, 4.69) is 60.2 Å². The number of benzene rings is 1. The molecule has 1 aliphatic heterocycles. The van der Waals surface area contributed by atoms with Crippen molar-refractivity contribution >= 4 is 11.6 Å². The SMILES string of the molecule is CC(C)c1nc(NCCCO)cc(N2Cc3ccccc3C[C@H]2C)n1. The zero-order chi connectivity index (χ0) is 17.8. The molecule has 0 fully saturated rings. The lowest BCUT2D eigenvalue weighted by Gasteiger charge is -2.36. The van der Waals surface area contributed by atoms with Crippen LogP contribution in [0.2, 0.25) is 0 Å². The van der Waals surface area contributed by atoms with Gasteiger partial charge in [0.15, 0.2) is 0 Å². The lowest BCUT2D eigenvalue weighted by atomic mass is 9.95. The number of rotatable bonds is 6. The Bertz CT molecular complexity index is 717. The van der Waals surface area contributed by atoms with Crippen molar-refractivity contribution in [2.24, 2.45) is 0 Å². The number of aliphatic hydroxyl groups excluding tert-OH is 1. The molecule has 2 heterocycles. The van der Waals surface area contributed by atoms with E-state index in [-0.39, 0.29) is 12.5 Å². The Morgan fingerprint density at radius 2 is 2.00 bits per heavy atom. The van der Waals surface area contributed by atoms with Gasteiger partial charge in [-0.3, -0.25) is 0 Å². The second kappa shape index (κ2) is 7.83. The molecule has 0 radical (unpaired) electrons. The zero-order valence-corrected chi connectivity index (χ0v) is 15.4. The summed E-state index contributed by atoms with van der Waals surface area (Å²) in [6.07, 6.45) is 1.74. The fourth-order valence-corrected chi connectivity index (χ4v) is 3.23. The van der Waals surface area contributed by atoms with Crippen LogP contribution < -0.4 is 10.2 Å². The molecule has 2 aromatic rings. The number of nitrogens with zero attached hydrogens (tertiary/aromatic N) is 3. The van der Waals surface area contributed by atoms with Crippen molar-refractivity contribution in [3.05, 3.63) is 47.3 Å². The van der Waals surface area contributed by atoms with E-state index in [4.69, 9.17) is 10.1 Å². The van der Waals surface area contributed by atoms with Gasteiger partial charge in [-0.15, -0.1) is 0 Å². The molecule has 134 valence electrons. The number of aliphatic hydroxyl groups is 1. The van der Waals surface area contributed by atoms with Crippen molar-refractivity contribution < 1.29 is 5.11 Å². The minimum absolute atomic E-state index is 0.182. The molecule has 2 N–H and O–H groups in total. The van der Waals surface area contributed by atoms with Crippen LogP contribution in [0.3, 0.4) is 0 Å². The van der Waals surface area contributed by atoms with Crippen LogP contribution in [0.25, 0.3) is 0 Å². The van der Waals surface area contributed by atoms with Gasteiger partial charge in [-0.05, 0) is 30.9 Å². The summed E-state index contributed by atoms with van der Waals surface area (Å²) in [4.78, 5) is 11.8. The van der Waals surface area contributed by atoms with Crippen LogP contribution >= 0.6 is 0 Å². The summed E-state index contributed by atoms with van der Waals surface area (Å²) in [5, 5.41) is 12.3. The minimum atomic E-state index is 0.182. The number of nitrogens with one attached hydrogen (secondary N) is 1. The number of hydrogen-bond acceptors (Lipinski definition) is 5. The second-order valence-corrected chi connectivity index (χ2v) is 7.08. The summed E-state index contributed by atoms with van der Waals surface area (Å²) in [5.74, 6) is 2.95. The number of hydrogen-bond donors (Lipinski definition) is 2. The van der Waals surface area contributed by atoms with E-state index < -0.39 is 0 Å². The molecule has 5 nitrogen and oxygen atoms in total. The predicted octanol–water partition coefficient (Wildman–Crippen LogP) is 3.35. The van der Waals surface area contributed by atoms with Gasteiger partial charge in [0.05, 0.1) is 0 Å². The molecule has 0 bridgehead atoms. The van der Waals surface area contributed by atoms with Crippen molar-refractivity contribution in [2.75, 3.05) is 23.4 Å². The van der Waals surface area contributed by atoms with Crippen molar-refractivity contribution in [2.45, 2.75) is 52.1 Å². The Morgan fingerprint density at radius 1 is 1.24 bits per heavy atom. The molecule has 1 atom stereocenters. The molecule has 1 aromatic carbocycles. The van der Waals surface area contributed by atoms with Crippen LogP contribution in [0.4, 0.5) is 11.6 Å². The van der Waals surface area contributed by atoms with Crippen LogP contribution in [0, 0.1) is 0 Å². The van der Waals surface area contributed by atoms with Gasteiger partial charge in [-0.25, -0.2) is 9.97 Å². The van der Waals surface area contributed by atoms with Gasteiger partial charge < -0.3 is 15.3 Å². The van der Waals surface area contributed by atoms with Gasteiger partial charge in [0.25, 0.3) is 0 Å². The van der Waals surface area contributed by atoms with Crippen LogP contribution in [0.15, 0.2) is 30.3 Å². The molecule has 25 heavy (non-hydrogen) atoms. The smallest absolute Gasteiger partial charge is 0.135 e. The quantitative estimate of drug-likeness (QED) is 0.790. The fourth-order valence-electron chi connectivity index (χ4n) is 3.23. The maximum absolute atomic E-state index is 8.99. The molecule has 0 saturated heterocycles. The zero-order valence-electron chi connectivity index (χ0n) is 15.4. The van der Waals surface area contributed by atoms with Gasteiger partial charge in [-0.2, -0.15) is 0 Å². The Kier molecular flexibility index (Phi) is 5.53. The first kappa shape index (κ1) is 17.7. The van der Waals surface area contributed by atoms with E-state index in [1.54, 1.807) is 0 Å². The highest BCUT2D eigenvalue weighted by molar-refractivity contribution is 5.52. The molecule has 0 spiro atoms. The molecule has 0 amide bonds. The van der Waals surface area contributed by atoms with Crippen molar-refractivity contribution in [3.8, 4) is 0 Å². The third-order valence-electron chi connectivity index (χ3n) is 4.69. The lowest BCUT2D eigenvalue weighted by molar-refractivity contribution is 0.292. The summed E-state index contributed by atoms with van der Waals surface area (Å²) in [6.45, 7) is 8.26. The van der Waals surface area contributed by atoms with Crippen LogP contribution in [0.5, 0.6) is 0 Å². The number of aromatic nitrogens is 2. The first-order valence-corrected chi connectivity index (χ1v) is 9.15. The Balaban J connectivity index is 1.90. The standard InChI is InChI=1S/C20H28N4O/c1-14(2)20-22-18(21-9-6-10-25)12-19(23-20)24-13-17-8-5-4-7-16(17)11-15(24)3/h4-5,7-8,12,14-15,25H,6,9-11,13H2,1-3H3,(H,21,22,23)/t15-/m1/s1. The summed E-state index contributed by atoms with van der Waals surface area (Å²) in [5.41, 5.74) is 2.81. The highest BCUT2D eigenvalue weighted by Gasteiger charge is 2.24. The molecule has 0 unspecified atom stereocenters.